The smallest absolute Gasteiger partial charge is 0.285 e. The van der Waals surface area contributed by atoms with Gasteiger partial charge in [-0.2, -0.15) is 13.5 Å². The van der Waals surface area contributed by atoms with Crippen molar-refractivity contribution in [2.24, 2.45) is 9.50 Å². The molecule has 0 saturated carbocycles. The maximum absolute atomic E-state index is 11.9. The van der Waals surface area contributed by atoms with Crippen LogP contribution in [0.15, 0.2) is 62.9 Å². The fourth-order valence-corrected chi connectivity index (χ4v) is 3.22. The molecule has 112 valence electrons. The summed E-state index contributed by atoms with van der Waals surface area (Å²) in [5, 5.41) is 4.03. The van der Waals surface area contributed by atoms with Crippen molar-refractivity contribution in [2.45, 2.75) is 4.90 Å². The molecule has 7 heteroatoms. The van der Waals surface area contributed by atoms with E-state index in [-0.39, 0.29) is 10.7 Å². The van der Waals surface area contributed by atoms with Crippen molar-refractivity contribution >= 4 is 22.1 Å². The number of hydrogen-bond donors (Lipinski definition) is 1. The highest BCUT2D eigenvalue weighted by atomic mass is 32.2. The molecular weight excluding hydrogens is 302 g/mol. The van der Waals surface area contributed by atoms with Crippen LogP contribution in [0.1, 0.15) is 11.1 Å². The van der Waals surface area contributed by atoms with Crippen LogP contribution in [-0.4, -0.2) is 27.6 Å². The van der Waals surface area contributed by atoms with Gasteiger partial charge in [-0.05, 0) is 42.0 Å². The first-order valence-electron chi connectivity index (χ1n) is 6.48. The quantitative estimate of drug-likeness (QED) is 0.691. The molecule has 2 aromatic rings. The van der Waals surface area contributed by atoms with Crippen molar-refractivity contribution < 1.29 is 13.2 Å². The lowest BCUT2D eigenvalue weighted by atomic mass is 10.2. The van der Waals surface area contributed by atoms with Gasteiger partial charge in [-0.3, -0.25) is 5.43 Å². The average molecular weight is 315 g/mol. The standard InChI is InChI=1S/C15H13N3O3S/c1-21-12-8-6-11(7-9-12)10-16-17-15-13-4-2-3-5-14(13)22(19,20)18-15/h2-10H,1H3,(H,17,18)/b16-10+. The molecule has 2 aromatic carbocycles. The molecule has 6 nitrogen and oxygen atoms in total. The van der Waals surface area contributed by atoms with E-state index in [9.17, 15) is 8.42 Å². The summed E-state index contributed by atoms with van der Waals surface area (Å²) in [6.45, 7) is 0. The zero-order valence-electron chi connectivity index (χ0n) is 11.7. The van der Waals surface area contributed by atoms with E-state index in [1.54, 1.807) is 31.5 Å². The molecule has 1 N–H and O–H groups in total. The summed E-state index contributed by atoms with van der Waals surface area (Å²) in [5.41, 5.74) is 4.05. The first-order chi connectivity index (χ1) is 10.6. The SMILES string of the molecule is COc1ccc(/C=N/NC2=NS(=O)(=O)c3ccccc32)cc1. The Labute approximate surface area is 128 Å². The molecule has 0 aliphatic carbocycles. The van der Waals surface area contributed by atoms with Gasteiger partial charge in [0.25, 0.3) is 10.0 Å². The van der Waals surface area contributed by atoms with E-state index in [4.69, 9.17) is 4.74 Å². The summed E-state index contributed by atoms with van der Waals surface area (Å²) in [5.74, 6) is 0.977. The van der Waals surface area contributed by atoms with Crippen LogP contribution in [0.2, 0.25) is 0 Å². The minimum absolute atomic E-state index is 0.192. The number of hydrazone groups is 1. The van der Waals surface area contributed by atoms with Gasteiger partial charge in [0.05, 0.1) is 13.3 Å². The predicted octanol–water partition coefficient (Wildman–Crippen LogP) is 1.77. The van der Waals surface area contributed by atoms with Crippen LogP contribution in [0.4, 0.5) is 0 Å². The van der Waals surface area contributed by atoms with Gasteiger partial charge in [0.1, 0.15) is 10.6 Å². The summed E-state index contributed by atoms with van der Waals surface area (Å²) in [4.78, 5) is 0.192. The second kappa shape index (κ2) is 5.61. The van der Waals surface area contributed by atoms with Crippen LogP contribution in [0, 0.1) is 0 Å². The number of sulfonamides is 1. The Morgan fingerprint density at radius 1 is 1.14 bits per heavy atom. The van der Waals surface area contributed by atoms with Crippen molar-refractivity contribution in [3.8, 4) is 5.75 Å². The van der Waals surface area contributed by atoms with Gasteiger partial charge in [0.2, 0.25) is 0 Å². The van der Waals surface area contributed by atoms with Gasteiger partial charge in [0, 0.05) is 5.56 Å². The Hall–Kier alpha value is -2.67. The number of amidine groups is 1. The number of nitrogens with zero attached hydrogens (tertiary/aromatic N) is 2. The Morgan fingerprint density at radius 3 is 2.59 bits per heavy atom. The zero-order valence-corrected chi connectivity index (χ0v) is 12.5. The first kappa shape index (κ1) is 14.3. The highest BCUT2D eigenvalue weighted by molar-refractivity contribution is 7.90. The molecule has 3 rings (SSSR count). The van der Waals surface area contributed by atoms with E-state index in [2.05, 4.69) is 14.9 Å². The summed E-state index contributed by atoms with van der Waals surface area (Å²) >= 11 is 0. The predicted molar refractivity (Wildman–Crippen MR) is 83.9 cm³/mol. The van der Waals surface area contributed by atoms with Gasteiger partial charge < -0.3 is 4.74 Å². The monoisotopic (exact) mass is 315 g/mol. The Bertz CT molecular complexity index is 856. The van der Waals surface area contributed by atoms with E-state index in [1.807, 2.05) is 24.3 Å². The molecule has 1 aliphatic rings. The summed E-state index contributed by atoms with van der Waals surface area (Å²) in [6, 6.07) is 13.9. The van der Waals surface area contributed by atoms with Gasteiger partial charge in [-0.15, -0.1) is 4.40 Å². The van der Waals surface area contributed by atoms with Crippen LogP contribution < -0.4 is 10.2 Å². The Morgan fingerprint density at radius 2 is 1.86 bits per heavy atom. The van der Waals surface area contributed by atoms with Crippen molar-refractivity contribution in [1.82, 2.24) is 5.43 Å². The van der Waals surface area contributed by atoms with Crippen LogP contribution >= 0.6 is 0 Å². The van der Waals surface area contributed by atoms with Gasteiger partial charge >= 0.3 is 0 Å². The molecule has 0 unspecified atom stereocenters. The van der Waals surface area contributed by atoms with Crippen LogP contribution in [0.25, 0.3) is 0 Å². The molecule has 1 heterocycles. The molecule has 0 fully saturated rings. The Balaban J connectivity index is 1.78. The maximum Gasteiger partial charge on any atom is 0.285 e. The van der Waals surface area contributed by atoms with Crippen LogP contribution in [0.3, 0.4) is 0 Å². The van der Waals surface area contributed by atoms with Gasteiger partial charge in [-0.1, -0.05) is 12.1 Å². The number of benzene rings is 2. The lowest BCUT2D eigenvalue weighted by molar-refractivity contribution is 0.415. The van der Waals surface area contributed by atoms with Crippen LogP contribution in [-0.2, 0) is 10.0 Å². The lowest BCUT2D eigenvalue weighted by Gasteiger charge is -2.01. The Kier molecular flexibility index (Phi) is 3.64. The third kappa shape index (κ3) is 2.71. The van der Waals surface area contributed by atoms with Gasteiger partial charge in [-0.25, -0.2) is 0 Å². The number of ether oxygens (including phenoxy) is 1. The second-order valence-electron chi connectivity index (χ2n) is 4.55. The highest BCUT2D eigenvalue weighted by Crippen LogP contribution is 2.24. The van der Waals surface area contributed by atoms with E-state index < -0.39 is 10.0 Å². The third-order valence-electron chi connectivity index (χ3n) is 3.13. The van der Waals surface area contributed by atoms with Crippen molar-refractivity contribution in [2.75, 3.05) is 7.11 Å². The van der Waals surface area contributed by atoms with E-state index in [1.165, 1.54) is 6.07 Å². The summed E-state index contributed by atoms with van der Waals surface area (Å²) in [7, 11) is -2.03. The van der Waals surface area contributed by atoms with Crippen molar-refractivity contribution in [3.63, 3.8) is 0 Å². The fraction of sp³-hybridized carbons (Fsp3) is 0.0667. The van der Waals surface area contributed by atoms with E-state index in [0.29, 0.717) is 5.56 Å². The molecule has 0 saturated heterocycles. The second-order valence-corrected chi connectivity index (χ2v) is 6.13. The minimum atomic E-state index is -3.62. The molecule has 0 aromatic heterocycles. The lowest BCUT2D eigenvalue weighted by Crippen LogP contribution is -2.17. The molecule has 0 radical (unpaired) electrons. The first-order valence-corrected chi connectivity index (χ1v) is 7.92. The minimum Gasteiger partial charge on any atom is -0.497 e. The molecule has 0 amide bonds. The fourth-order valence-electron chi connectivity index (χ4n) is 2.04. The number of fused-ring (bicyclic) bond motifs is 1. The normalized spacial score (nSPS) is 15.4. The molecule has 0 atom stereocenters. The topological polar surface area (TPSA) is 80.1 Å². The molecule has 0 spiro atoms. The third-order valence-corrected chi connectivity index (χ3v) is 4.47. The largest absolute Gasteiger partial charge is 0.497 e. The molecular formula is C15H13N3O3S. The summed E-state index contributed by atoms with van der Waals surface area (Å²) < 4.78 is 32.5. The van der Waals surface area contributed by atoms with E-state index in [0.717, 1.165) is 11.3 Å². The number of rotatable bonds is 3. The summed E-state index contributed by atoms with van der Waals surface area (Å²) in [6.07, 6.45) is 1.58. The number of nitrogens with one attached hydrogen (secondary N) is 1. The average Bonchev–Trinajstić information content (AvgIpc) is 2.80. The molecule has 1 aliphatic heterocycles. The van der Waals surface area contributed by atoms with Crippen molar-refractivity contribution in [3.05, 3.63) is 59.7 Å². The van der Waals surface area contributed by atoms with Crippen molar-refractivity contribution in [1.29, 1.82) is 0 Å². The zero-order chi connectivity index (χ0) is 15.6. The highest BCUT2D eigenvalue weighted by Gasteiger charge is 2.28. The van der Waals surface area contributed by atoms with Gasteiger partial charge in [0.15, 0.2) is 5.84 Å². The van der Waals surface area contributed by atoms with Crippen LogP contribution in [0.5, 0.6) is 5.75 Å². The van der Waals surface area contributed by atoms with E-state index >= 15 is 0 Å². The number of methoxy groups -OCH3 is 1. The molecule has 22 heavy (non-hydrogen) atoms. The number of hydrogen-bond acceptors (Lipinski definition) is 5. The molecule has 0 bridgehead atoms. The maximum atomic E-state index is 11.9.